The normalized spacial score (nSPS) is 12.8. The summed E-state index contributed by atoms with van der Waals surface area (Å²) in [5, 5.41) is 7.57. The van der Waals surface area contributed by atoms with Gasteiger partial charge in [-0.3, -0.25) is 19.2 Å². The molecule has 0 aromatic heterocycles. The zero-order chi connectivity index (χ0) is 23.2. The maximum absolute atomic E-state index is 12.7. The largest absolute Gasteiger partial charge is 0.350 e. The van der Waals surface area contributed by atoms with E-state index < -0.39 is 42.1 Å². The highest BCUT2D eigenvalue weighted by Gasteiger charge is 2.24. The first-order valence-electron chi connectivity index (χ1n) is 9.97. The average molecular weight is 427 g/mol. The third kappa shape index (κ3) is 8.79. The lowest BCUT2D eigenvalue weighted by Crippen LogP contribution is -2.47. The third-order valence-electron chi connectivity index (χ3n) is 4.33. The Hall–Kier alpha value is -3.52. The van der Waals surface area contributed by atoms with Crippen molar-refractivity contribution in [2.75, 3.05) is 13.1 Å². The van der Waals surface area contributed by atoms with E-state index in [9.17, 15) is 19.2 Å². The highest BCUT2D eigenvalue weighted by atomic mass is 16.2. The number of allylic oxidation sites excluding steroid dienone is 2. The van der Waals surface area contributed by atoms with E-state index in [-0.39, 0.29) is 6.54 Å². The van der Waals surface area contributed by atoms with Crippen molar-refractivity contribution in [2.45, 2.75) is 31.8 Å². The predicted molar refractivity (Wildman–Crippen MR) is 120 cm³/mol. The Morgan fingerprint density at radius 3 is 2.32 bits per heavy atom. The highest BCUT2D eigenvalue weighted by Crippen LogP contribution is 2.13. The van der Waals surface area contributed by atoms with Crippen LogP contribution in [0.3, 0.4) is 0 Å². The summed E-state index contributed by atoms with van der Waals surface area (Å²) in [6.45, 7) is 8.86. The number of nitrogens with two attached hydrogens (primary N) is 1. The number of hydrogen-bond acceptors (Lipinski definition) is 5. The SMILES string of the molecule is C=C/C=C(\C=C)CNC(=O)C(NC(=O)CNC(=O)C(=O)C(N)CCC)c1ccccc1. The molecule has 0 bridgehead atoms. The molecule has 8 heteroatoms. The molecule has 8 nitrogen and oxygen atoms in total. The van der Waals surface area contributed by atoms with E-state index in [1.54, 1.807) is 48.6 Å². The monoisotopic (exact) mass is 426 g/mol. The van der Waals surface area contributed by atoms with Crippen molar-refractivity contribution in [2.24, 2.45) is 5.73 Å². The molecule has 0 fully saturated rings. The smallest absolute Gasteiger partial charge is 0.289 e. The standard InChI is InChI=1S/C23H30N4O4/c1-4-10-16(6-3)14-25-22(30)20(17-12-8-7-9-13-17)27-19(28)15-26-23(31)21(29)18(24)11-5-2/h4,6-10,12-13,18,20H,1,3,5,11,14-15,24H2,2H3,(H,25,30)(H,26,31)(H,27,28)/b16-10+. The molecule has 1 rings (SSSR count). The van der Waals surface area contributed by atoms with Crippen LogP contribution in [0.1, 0.15) is 31.4 Å². The van der Waals surface area contributed by atoms with Gasteiger partial charge >= 0.3 is 0 Å². The van der Waals surface area contributed by atoms with Gasteiger partial charge in [-0.05, 0) is 17.6 Å². The van der Waals surface area contributed by atoms with Gasteiger partial charge in [0.2, 0.25) is 17.6 Å². The molecule has 3 amide bonds. The summed E-state index contributed by atoms with van der Waals surface area (Å²) in [7, 11) is 0. The number of hydrogen-bond donors (Lipinski definition) is 4. The van der Waals surface area contributed by atoms with Crippen LogP contribution in [-0.2, 0) is 19.2 Å². The number of nitrogens with one attached hydrogen (secondary N) is 3. The Bertz CT molecular complexity index is 833. The molecule has 166 valence electrons. The van der Waals surface area contributed by atoms with Crippen molar-refractivity contribution in [1.82, 2.24) is 16.0 Å². The quantitative estimate of drug-likeness (QED) is 0.277. The lowest BCUT2D eigenvalue weighted by atomic mass is 10.1. The topological polar surface area (TPSA) is 130 Å². The predicted octanol–water partition coefficient (Wildman–Crippen LogP) is 1.07. The van der Waals surface area contributed by atoms with Crippen molar-refractivity contribution in [3.05, 3.63) is 72.9 Å². The van der Waals surface area contributed by atoms with E-state index in [0.29, 0.717) is 18.4 Å². The lowest BCUT2D eigenvalue weighted by Gasteiger charge is -2.19. The molecule has 0 saturated heterocycles. The molecule has 0 radical (unpaired) electrons. The van der Waals surface area contributed by atoms with Crippen LogP contribution in [0.15, 0.2) is 67.3 Å². The molecule has 5 N–H and O–H groups in total. The maximum Gasteiger partial charge on any atom is 0.289 e. The van der Waals surface area contributed by atoms with Gasteiger partial charge in [-0.25, -0.2) is 0 Å². The first-order valence-corrected chi connectivity index (χ1v) is 9.97. The lowest BCUT2D eigenvalue weighted by molar-refractivity contribution is -0.139. The van der Waals surface area contributed by atoms with Crippen LogP contribution >= 0.6 is 0 Å². The van der Waals surface area contributed by atoms with Crippen molar-refractivity contribution in [3.8, 4) is 0 Å². The first kappa shape index (κ1) is 25.5. The Labute approximate surface area is 182 Å². The number of benzene rings is 1. The Balaban J connectivity index is 2.79. The van der Waals surface area contributed by atoms with Gasteiger partial charge in [0.1, 0.15) is 6.04 Å². The zero-order valence-electron chi connectivity index (χ0n) is 17.7. The van der Waals surface area contributed by atoms with Crippen LogP contribution in [-0.4, -0.2) is 42.6 Å². The summed E-state index contributed by atoms with van der Waals surface area (Å²) in [5.41, 5.74) is 6.95. The number of carbonyl (C=O) groups excluding carboxylic acids is 4. The van der Waals surface area contributed by atoms with Gasteiger partial charge < -0.3 is 21.7 Å². The van der Waals surface area contributed by atoms with Crippen molar-refractivity contribution in [1.29, 1.82) is 0 Å². The second-order valence-electron chi connectivity index (χ2n) is 6.75. The summed E-state index contributed by atoms with van der Waals surface area (Å²) in [4.78, 5) is 48.9. The molecule has 1 aromatic rings. The van der Waals surface area contributed by atoms with Crippen LogP contribution < -0.4 is 21.7 Å². The minimum absolute atomic E-state index is 0.202. The average Bonchev–Trinajstić information content (AvgIpc) is 2.78. The number of carbonyl (C=O) groups is 4. The van der Waals surface area contributed by atoms with Gasteiger partial charge in [0.15, 0.2) is 0 Å². The fourth-order valence-electron chi connectivity index (χ4n) is 2.66. The van der Waals surface area contributed by atoms with Crippen LogP contribution in [0.2, 0.25) is 0 Å². The van der Waals surface area contributed by atoms with Crippen molar-refractivity contribution >= 4 is 23.5 Å². The first-order chi connectivity index (χ1) is 14.8. The molecule has 0 aliphatic heterocycles. The molecule has 1 aromatic carbocycles. The maximum atomic E-state index is 12.7. The number of Topliss-reactive ketones (excluding diaryl/α,β-unsaturated/α-hetero) is 1. The van der Waals surface area contributed by atoms with Gasteiger partial charge in [0.05, 0.1) is 12.6 Å². The minimum Gasteiger partial charge on any atom is -0.350 e. The fourth-order valence-corrected chi connectivity index (χ4v) is 2.66. The molecular weight excluding hydrogens is 396 g/mol. The third-order valence-corrected chi connectivity index (χ3v) is 4.33. The van der Waals surface area contributed by atoms with E-state index in [0.717, 1.165) is 5.57 Å². The molecule has 0 saturated carbocycles. The van der Waals surface area contributed by atoms with E-state index >= 15 is 0 Å². The van der Waals surface area contributed by atoms with E-state index in [1.807, 2.05) is 6.92 Å². The van der Waals surface area contributed by atoms with Gasteiger partial charge in [0.25, 0.3) is 5.91 Å². The zero-order valence-corrected chi connectivity index (χ0v) is 17.7. The van der Waals surface area contributed by atoms with Crippen LogP contribution in [0.4, 0.5) is 0 Å². The summed E-state index contributed by atoms with van der Waals surface area (Å²) in [5.74, 6) is -2.77. The number of ketones is 1. The second-order valence-corrected chi connectivity index (χ2v) is 6.75. The molecule has 0 aliphatic carbocycles. The highest BCUT2D eigenvalue weighted by molar-refractivity contribution is 6.38. The summed E-state index contributed by atoms with van der Waals surface area (Å²) >= 11 is 0. The fraction of sp³-hybridized carbons (Fsp3) is 0.304. The van der Waals surface area contributed by atoms with Gasteiger partial charge in [-0.15, -0.1) is 0 Å². The molecular formula is C23H30N4O4. The Morgan fingerprint density at radius 2 is 1.74 bits per heavy atom. The van der Waals surface area contributed by atoms with E-state index in [1.165, 1.54) is 0 Å². The van der Waals surface area contributed by atoms with Gasteiger partial charge in [0, 0.05) is 6.54 Å². The molecule has 31 heavy (non-hydrogen) atoms. The van der Waals surface area contributed by atoms with Crippen molar-refractivity contribution in [3.63, 3.8) is 0 Å². The van der Waals surface area contributed by atoms with E-state index in [2.05, 4.69) is 29.1 Å². The second kappa shape index (κ2) is 13.7. The Morgan fingerprint density at radius 1 is 1.06 bits per heavy atom. The number of amides is 3. The molecule has 2 unspecified atom stereocenters. The van der Waals surface area contributed by atoms with Crippen LogP contribution in [0.5, 0.6) is 0 Å². The summed E-state index contributed by atoms with van der Waals surface area (Å²) in [6, 6.07) is 6.77. The van der Waals surface area contributed by atoms with Crippen molar-refractivity contribution < 1.29 is 19.2 Å². The Kier molecular flexibility index (Phi) is 11.2. The molecule has 0 spiro atoms. The summed E-state index contributed by atoms with van der Waals surface area (Å²) in [6.07, 6.45) is 5.91. The van der Waals surface area contributed by atoms with Gasteiger partial charge in [-0.1, -0.05) is 75.1 Å². The van der Waals surface area contributed by atoms with Crippen LogP contribution in [0.25, 0.3) is 0 Å². The van der Waals surface area contributed by atoms with Gasteiger partial charge in [-0.2, -0.15) is 0 Å². The molecule has 0 aliphatic rings. The summed E-state index contributed by atoms with van der Waals surface area (Å²) < 4.78 is 0. The van der Waals surface area contributed by atoms with E-state index in [4.69, 9.17) is 5.73 Å². The van der Waals surface area contributed by atoms with Crippen LogP contribution in [0, 0.1) is 0 Å². The number of rotatable bonds is 13. The molecule has 2 atom stereocenters. The minimum atomic E-state index is -0.988. The molecule has 0 heterocycles.